The molecule has 1 aromatic heterocycles. The Morgan fingerprint density at radius 3 is 2.81 bits per heavy atom. The molecular formula is C14H12BrClN2O3. The van der Waals surface area contributed by atoms with E-state index in [1.54, 1.807) is 30.3 Å². The number of ether oxygens (including phenoxy) is 2. The fraction of sp³-hybridized carbons (Fsp3) is 0.143. The van der Waals surface area contributed by atoms with Crippen molar-refractivity contribution in [1.82, 2.24) is 4.98 Å². The van der Waals surface area contributed by atoms with Crippen LogP contribution in [0.3, 0.4) is 0 Å². The highest BCUT2D eigenvalue weighted by Gasteiger charge is 2.07. The van der Waals surface area contributed by atoms with Gasteiger partial charge in [-0.05, 0) is 40.2 Å². The number of nitrogens with one attached hydrogen (secondary N) is 1. The van der Waals surface area contributed by atoms with E-state index in [0.717, 1.165) is 0 Å². The number of benzene rings is 1. The minimum absolute atomic E-state index is 0.119. The maximum atomic E-state index is 11.8. The average Bonchev–Trinajstić information content (AvgIpc) is 2.47. The molecule has 0 saturated carbocycles. The predicted octanol–water partition coefficient (Wildman–Crippen LogP) is 3.52. The van der Waals surface area contributed by atoms with Gasteiger partial charge in [0.05, 0.1) is 23.5 Å². The largest absolute Gasteiger partial charge is 0.483 e. The fourth-order valence-electron chi connectivity index (χ4n) is 1.51. The molecule has 0 unspecified atom stereocenters. The molecule has 0 spiro atoms. The lowest BCUT2D eigenvalue weighted by Crippen LogP contribution is -2.20. The highest BCUT2D eigenvalue weighted by atomic mass is 79.9. The lowest BCUT2D eigenvalue weighted by atomic mass is 10.3. The Morgan fingerprint density at radius 2 is 2.19 bits per heavy atom. The number of pyridine rings is 1. The molecule has 1 aromatic carbocycles. The molecule has 1 amide bonds. The van der Waals surface area contributed by atoms with E-state index >= 15 is 0 Å². The summed E-state index contributed by atoms with van der Waals surface area (Å²) >= 11 is 9.14. The van der Waals surface area contributed by atoms with E-state index in [1.165, 1.54) is 13.3 Å². The van der Waals surface area contributed by atoms with Crippen molar-refractivity contribution in [1.29, 1.82) is 0 Å². The van der Waals surface area contributed by atoms with E-state index in [-0.39, 0.29) is 12.5 Å². The van der Waals surface area contributed by atoms with Crippen molar-refractivity contribution in [3.8, 4) is 11.6 Å². The Morgan fingerprint density at radius 1 is 1.38 bits per heavy atom. The minimum atomic E-state index is -0.288. The molecule has 2 aromatic rings. The molecular weight excluding hydrogens is 360 g/mol. The Kier molecular flexibility index (Phi) is 5.41. The van der Waals surface area contributed by atoms with Crippen LogP contribution in [0.25, 0.3) is 0 Å². The summed E-state index contributed by atoms with van der Waals surface area (Å²) in [5, 5.41) is 3.26. The second-order valence-corrected chi connectivity index (χ2v) is 5.29. The van der Waals surface area contributed by atoms with Gasteiger partial charge >= 0.3 is 0 Å². The van der Waals surface area contributed by atoms with Crippen LogP contribution in [0.1, 0.15) is 0 Å². The molecule has 2 rings (SSSR count). The maximum absolute atomic E-state index is 11.8. The molecule has 0 bridgehead atoms. The molecule has 5 nitrogen and oxygen atoms in total. The van der Waals surface area contributed by atoms with Gasteiger partial charge in [0.15, 0.2) is 6.61 Å². The number of methoxy groups -OCH3 is 1. The van der Waals surface area contributed by atoms with Crippen molar-refractivity contribution < 1.29 is 14.3 Å². The van der Waals surface area contributed by atoms with Crippen molar-refractivity contribution in [3.63, 3.8) is 0 Å². The first-order chi connectivity index (χ1) is 10.1. The van der Waals surface area contributed by atoms with E-state index in [4.69, 9.17) is 21.1 Å². The summed E-state index contributed by atoms with van der Waals surface area (Å²) in [5.74, 6) is 0.737. The van der Waals surface area contributed by atoms with Crippen molar-refractivity contribution in [3.05, 3.63) is 46.0 Å². The van der Waals surface area contributed by atoms with Gasteiger partial charge in [0.25, 0.3) is 5.91 Å². The summed E-state index contributed by atoms with van der Waals surface area (Å²) < 4.78 is 11.0. The van der Waals surface area contributed by atoms with E-state index in [9.17, 15) is 4.79 Å². The molecule has 0 atom stereocenters. The van der Waals surface area contributed by atoms with Crippen LogP contribution in [-0.4, -0.2) is 24.6 Å². The zero-order chi connectivity index (χ0) is 15.2. The monoisotopic (exact) mass is 370 g/mol. The second kappa shape index (κ2) is 7.28. The first-order valence-electron chi connectivity index (χ1n) is 5.96. The molecule has 0 aliphatic rings. The van der Waals surface area contributed by atoms with Gasteiger partial charge in [-0.15, -0.1) is 0 Å². The van der Waals surface area contributed by atoms with E-state index in [0.29, 0.717) is 26.8 Å². The van der Waals surface area contributed by atoms with Crippen LogP contribution in [0.2, 0.25) is 5.02 Å². The molecule has 110 valence electrons. The van der Waals surface area contributed by atoms with Gasteiger partial charge in [0.2, 0.25) is 5.88 Å². The summed E-state index contributed by atoms with van der Waals surface area (Å²) in [6, 6.07) is 8.43. The zero-order valence-electron chi connectivity index (χ0n) is 11.1. The quantitative estimate of drug-likeness (QED) is 0.873. The lowest BCUT2D eigenvalue weighted by molar-refractivity contribution is -0.118. The van der Waals surface area contributed by atoms with E-state index in [2.05, 4.69) is 26.2 Å². The Balaban J connectivity index is 1.89. The SMILES string of the molecule is COc1ccc(NC(=O)COc2ccc(Cl)cc2Br)cn1. The second-order valence-electron chi connectivity index (χ2n) is 4.00. The summed E-state index contributed by atoms with van der Waals surface area (Å²) in [4.78, 5) is 15.8. The van der Waals surface area contributed by atoms with Crippen molar-refractivity contribution in [2.45, 2.75) is 0 Å². The molecule has 0 fully saturated rings. The lowest BCUT2D eigenvalue weighted by Gasteiger charge is -2.09. The number of halogens is 2. The van der Waals surface area contributed by atoms with Crippen molar-refractivity contribution in [2.24, 2.45) is 0 Å². The van der Waals surface area contributed by atoms with Crippen LogP contribution in [-0.2, 0) is 4.79 Å². The number of amides is 1. The standard InChI is InChI=1S/C14H12BrClN2O3/c1-20-14-5-3-10(7-17-14)18-13(19)8-21-12-4-2-9(16)6-11(12)15/h2-7H,8H2,1H3,(H,18,19). The summed E-state index contributed by atoms with van der Waals surface area (Å²) in [6.45, 7) is -0.119. The highest BCUT2D eigenvalue weighted by Crippen LogP contribution is 2.27. The van der Waals surface area contributed by atoms with Gasteiger partial charge in [0, 0.05) is 11.1 Å². The smallest absolute Gasteiger partial charge is 0.262 e. The molecule has 7 heteroatoms. The molecule has 1 N–H and O–H groups in total. The molecule has 21 heavy (non-hydrogen) atoms. The summed E-state index contributed by atoms with van der Waals surface area (Å²) in [6.07, 6.45) is 1.51. The van der Waals surface area contributed by atoms with Crippen molar-refractivity contribution in [2.75, 3.05) is 19.0 Å². The van der Waals surface area contributed by atoms with Crippen LogP contribution < -0.4 is 14.8 Å². The van der Waals surface area contributed by atoms with Crippen LogP contribution in [0.5, 0.6) is 11.6 Å². The van der Waals surface area contributed by atoms with E-state index in [1.807, 2.05) is 0 Å². The number of hydrogen-bond donors (Lipinski definition) is 1. The Hall–Kier alpha value is -1.79. The maximum Gasteiger partial charge on any atom is 0.262 e. The first kappa shape index (κ1) is 15.6. The highest BCUT2D eigenvalue weighted by molar-refractivity contribution is 9.10. The van der Waals surface area contributed by atoms with Gasteiger partial charge in [-0.3, -0.25) is 4.79 Å². The van der Waals surface area contributed by atoms with Gasteiger partial charge in [-0.2, -0.15) is 0 Å². The Labute approximate surface area is 135 Å². The number of carbonyl (C=O) groups is 1. The normalized spacial score (nSPS) is 10.0. The first-order valence-corrected chi connectivity index (χ1v) is 7.13. The third kappa shape index (κ3) is 4.61. The van der Waals surface area contributed by atoms with Crippen LogP contribution in [0.4, 0.5) is 5.69 Å². The molecule has 0 aliphatic carbocycles. The van der Waals surface area contributed by atoms with Crippen LogP contribution >= 0.6 is 27.5 Å². The number of hydrogen-bond acceptors (Lipinski definition) is 4. The summed E-state index contributed by atoms with van der Waals surface area (Å²) in [5.41, 5.74) is 0.569. The topological polar surface area (TPSA) is 60.5 Å². The molecule has 0 aliphatic heterocycles. The van der Waals surface area contributed by atoms with Crippen molar-refractivity contribution >= 4 is 39.1 Å². The third-order valence-corrected chi connectivity index (χ3v) is 3.34. The van der Waals surface area contributed by atoms with Crippen LogP contribution in [0, 0.1) is 0 Å². The average molecular weight is 372 g/mol. The van der Waals surface area contributed by atoms with E-state index < -0.39 is 0 Å². The third-order valence-electron chi connectivity index (χ3n) is 2.48. The van der Waals surface area contributed by atoms with Gasteiger partial charge < -0.3 is 14.8 Å². The number of carbonyl (C=O) groups excluding carboxylic acids is 1. The van der Waals surface area contributed by atoms with Gasteiger partial charge in [-0.1, -0.05) is 11.6 Å². The molecule has 0 saturated heterocycles. The predicted molar refractivity (Wildman–Crippen MR) is 84.1 cm³/mol. The number of rotatable bonds is 5. The van der Waals surface area contributed by atoms with Gasteiger partial charge in [0.1, 0.15) is 5.75 Å². The minimum Gasteiger partial charge on any atom is -0.483 e. The molecule has 0 radical (unpaired) electrons. The fourth-order valence-corrected chi connectivity index (χ4v) is 2.30. The molecule has 1 heterocycles. The van der Waals surface area contributed by atoms with Gasteiger partial charge in [-0.25, -0.2) is 4.98 Å². The Bertz CT molecular complexity index is 635. The number of nitrogens with zero attached hydrogens (tertiary/aromatic N) is 1. The van der Waals surface area contributed by atoms with Crippen LogP contribution in [0.15, 0.2) is 41.0 Å². The number of aromatic nitrogens is 1. The zero-order valence-corrected chi connectivity index (χ0v) is 13.4. The number of anilines is 1. The summed E-state index contributed by atoms with van der Waals surface area (Å²) in [7, 11) is 1.53.